The Kier molecular flexibility index (Phi) is 30.8. The van der Waals surface area contributed by atoms with Gasteiger partial charge >= 0.3 is 51.4 Å². The molecular formula is C91H99B8IKNO8P4. The fraction of sp³-hybridized carbons (Fsp3) is 0.341. The van der Waals surface area contributed by atoms with Crippen molar-refractivity contribution < 1.29 is 87.6 Å². The van der Waals surface area contributed by atoms with Gasteiger partial charge in [-0.25, -0.2) is 0 Å². The third kappa shape index (κ3) is 19.1. The van der Waals surface area contributed by atoms with Crippen molar-refractivity contribution in [3.8, 4) is 57.1 Å². The van der Waals surface area contributed by atoms with Gasteiger partial charge in [-0.2, -0.15) is 11.6 Å². The van der Waals surface area contributed by atoms with Crippen LogP contribution in [0.15, 0.2) is 48.5 Å². The molecule has 0 heterocycles. The van der Waals surface area contributed by atoms with Crippen LogP contribution in [0.25, 0.3) is 11.1 Å². The number of anilines is 1. The molecular weight excluding hydrogens is 1610 g/mol. The van der Waals surface area contributed by atoms with Crippen LogP contribution in [0.5, 0.6) is 46.0 Å². The Labute approximate surface area is 753 Å². The van der Waals surface area contributed by atoms with Gasteiger partial charge in [-0.15, -0.1) is 39.3 Å². The van der Waals surface area contributed by atoms with Crippen LogP contribution in [0, 0.1) is 197 Å². The normalized spacial score (nSPS) is 11.5. The van der Waals surface area contributed by atoms with Crippen LogP contribution in [0.1, 0.15) is 172 Å². The number of aryl methyl sites for hydroxylation is 17. The van der Waals surface area contributed by atoms with Gasteiger partial charge in [-0.1, -0.05) is 153 Å². The minimum absolute atomic E-state index is 0. The molecule has 0 bridgehead atoms. The van der Waals surface area contributed by atoms with Crippen LogP contribution in [0.2, 0.25) is 0 Å². The first-order chi connectivity index (χ1) is 52.8. The van der Waals surface area contributed by atoms with Crippen LogP contribution in [-0.4, -0.2) is 62.8 Å². The van der Waals surface area contributed by atoms with Crippen molar-refractivity contribution in [3.05, 3.63) is 231 Å². The summed E-state index contributed by atoms with van der Waals surface area (Å²) in [6.07, 6.45) is 0.510. The van der Waals surface area contributed by atoms with E-state index in [4.69, 9.17) is 105 Å². The molecule has 0 atom stereocenters. The van der Waals surface area contributed by atoms with Crippen molar-refractivity contribution in [1.82, 2.24) is 0 Å². The largest absolute Gasteiger partial charge is 1.00 e. The fourth-order valence-electron chi connectivity index (χ4n) is 15.5. The fourth-order valence-corrected chi connectivity index (χ4v) is 23.2. The van der Waals surface area contributed by atoms with Crippen LogP contribution in [0.3, 0.4) is 0 Å². The minimum Gasteiger partial charge on any atom is -0.438 e. The first-order valence-corrected chi connectivity index (χ1v) is 44.5. The number of hydrogen-bond donors (Lipinski definition) is 1. The monoisotopic (exact) mass is 1710 g/mol. The van der Waals surface area contributed by atoms with Gasteiger partial charge in [0.15, 0.2) is 0 Å². The predicted molar refractivity (Wildman–Crippen MR) is 498 cm³/mol. The third-order valence-corrected chi connectivity index (χ3v) is 29.4. The average Bonchev–Trinajstić information content (AvgIpc) is 0.733. The van der Waals surface area contributed by atoms with E-state index >= 15 is 0 Å². The molecule has 2 N–H and O–H groups in total. The summed E-state index contributed by atoms with van der Waals surface area (Å²) in [5.74, 6) is 4.79. The SMILES string of the molecule is [B]c1c(C)cc(C)c(OP(Cc2[c-]c(C)c(I)c(CP(Oc3c(C)cc(C)c([B])c3C)Oc3c(C)cc(C)c([B])c3C)c2-c2c(CP(Oc3c(C)cc(C)c([B])c3C)Oc3c(C)cc(C)c([B])c3C)c(C)c(C)c(N)c2CP(Oc2c(C)cc(C)c([B])c2C)Oc2c(C)cc(C)c([B])c2C)Oc2c(C)cc(C)c([B])c2C)c1C.[K+]. The van der Waals surface area contributed by atoms with Gasteiger partial charge in [0.05, 0.1) is 12.3 Å². The number of nitrogen functional groups attached to an aromatic ring is 1. The van der Waals surface area contributed by atoms with E-state index < -0.39 is 33.5 Å². The molecule has 0 spiro atoms. The molecule has 0 aliphatic heterocycles. The average molecular weight is 1710 g/mol. The van der Waals surface area contributed by atoms with Gasteiger partial charge in [0.1, 0.15) is 109 Å². The summed E-state index contributed by atoms with van der Waals surface area (Å²) >= 11 is 2.50. The zero-order chi connectivity index (χ0) is 83.6. The summed E-state index contributed by atoms with van der Waals surface area (Å²) in [6, 6.07) is 20.5. The molecule has 0 unspecified atom stereocenters. The molecule has 0 saturated heterocycles. The van der Waals surface area contributed by atoms with E-state index in [1.54, 1.807) is 0 Å². The Balaban J connectivity index is 0.0000149. The molecule has 23 heteroatoms. The first kappa shape index (κ1) is 92.9. The van der Waals surface area contributed by atoms with Gasteiger partial charge in [0.25, 0.3) is 33.5 Å². The quantitative estimate of drug-likeness (QED) is 0.0197. The maximum atomic E-state index is 8.19. The van der Waals surface area contributed by atoms with Crippen molar-refractivity contribution >= 4 is 168 Å². The molecule has 114 heavy (non-hydrogen) atoms. The van der Waals surface area contributed by atoms with Crippen LogP contribution in [-0.2, 0) is 24.6 Å². The van der Waals surface area contributed by atoms with E-state index in [0.29, 0.717) is 101 Å². The molecule has 568 valence electrons. The molecule has 0 fully saturated rings. The van der Waals surface area contributed by atoms with E-state index in [2.05, 4.69) is 98.0 Å². The van der Waals surface area contributed by atoms with Crippen molar-refractivity contribution in [1.29, 1.82) is 0 Å². The number of halogens is 1. The summed E-state index contributed by atoms with van der Waals surface area (Å²) in [4.78, 5) is 0. The molecule has 0 aliphatic rings. The van der Waals surface area contributed by atoms with Crippen LogP contribution in [0.4, 0.5) is 5.69 Å². The third-order valence-electron chi connectivity index (χ3n) is 22.5. The smallest absolute Gasteiger partial charge is 0.438 e. The zero-order valence-electron chi connectivity index (χ0n) is 72.1. The van der Waals surface area contributed by atoms with Gasteiger partial charge in [0, 0.05) is 18.0 Å². The van der Waals surface area contributed by atoms with E-state index in [1.807, 2.05) is 166 Å². The summed E-state index contributed by atoms with van der Waals surface area (Å²) in [7, 11) is 47.7. The van der Waals surface area contributed by atoms with Crippen LogP contribution >= 0.6 is 56.1 Å². The Hall–Kier alpha value is -4.99. The molecule has 0 aromatic heterocycles. The van der Waals surface area contributed by atoms with Gasteiger partial charge < -0.3 is 41.9 Å². The molecule has 9 nitrogen and oxygen atoms in total. The molecule has 10 aromatic rings. The Morgan fingerprint density at radius 1 is 0.263 bits per heavy atom. The predicted octanol–water partition coefficient (Wildman–Crippen LogP) is 14.9. The van der Waals surface area contributed by atoms with E-state index in [0.717, 1.165) is 182 Å². The number of benzene rings is 10. The topological polar surface area (TPSA) is 99.9 Å². The Morgan fingerprint density at radius 3 is 0.675 bits per heavy atom. The molecule has 0 saturated carbocycles. The van der Waals surface area contributed by atoms with Gasteiger partial charge in [0.2, 0.25) is 0 Å². The van der Waals surface area contributed by atoms with Crippen molar-refractivity contribution in [2.24, 2.45) is 0 Å². The summed E-state index contributed by atoms with van der Waals surface area (Å²) < 4.78 is 61.9. The van der Waals surface area contributed by atoms with E-state index in [-0.39, 0.29) is 76.0 Å². The van der Waals surface area contributed by atoms with E-state index in [9.17, 15) is 0 Å². The van der Waals surface area contributed by atoms with Crippen LogP contribution < -0.4 is 137 Å². The number of rotatable bonds is 25. The first-order valence-electron chi connectivity index (χ1n) is 37.9. The maximum absolute atomic E-state index is 8.19. The zero-order valence-corrected chi connectivity index (χ0v) is 80.9. The summed E-state index contributed by atoms with van der Waals surface area (Å²) in [5.41, 5.74) is 41.4. The molecule has 10 rings (SSSR count). The van der Waals surface area contributed by atoms with Crippen molar-refractivity contribution in [2.75, 3.05) is 5.73 Å². The van der Waals surface area contributed by atoms with Gasteiger partial charge in [-0.3, -0.25) is 0 Å². The number of hydrogen-bond acceptors (Lipinski definition) is 9. The minimum atomic E-state index is -2.17. The molecule has 0 amide bonds. The standard InChI is InChI=1S/C91H99B8INO8P4.K/c1-41-28-50(10)84(60(20)74(41)92)102-110(103-85-51(11)29-42(2)75(93)61(85)21)37-68-36-49(9)82(100)70(39-112(106-88-54(14)32-45(5)78(96)64(88)24)107-89-55(15)33-46(6)79(97)65(89)25)72(68)73-69(38-111(104-86-52(12)30-43(3)76(94)62(86)22)105-87-53(13)31-44(4)77(95)63(87)23)58(18)59(19)83(101)71(73)40-113(108-90-56(16)34-47(7)80(98)66(90)26)109-91-57(17)35-48(8)81(99)67(91)27;/h28-35H,37-40,101H2,1-27H3;/q-1;+1. The summed E-state index contributed by atoms with van der Waals surface area (Å²) in [6.45, 7) is 54.6. The Morgan fingerprint density at radius 2 is 0.456 bits per heavy atom. The second-order valence-electron chi connectivity index (χ2n) is 31.1. The molecule has 16 radical (unpaired) electrons. The van der Waals surface area contributed by atoms with Gasteiger partial charge in [-0.05, 0) is 291 Å². The second-order valence-corrected chi connectivity index (χ2v) is 37.6. The van der Waals surface area contributed by atoms with Crippen molar-refractivity contribution in [2.45, 2.75) is 212 Å². The molecule has 10 aromatic carbocycles. The number of nitrogens with two attached hydrogens (primary N) is 1. The second kappa shape index (κ2) is 37.7. The maximum Gasteiger partial charge on any atom is 1.00 e. The Bertz CT molecular complexity index is 5100. The summed E-state index contributed by atoms with van der Waals surface area (Å²) in [5, 5.41) is 0. The molecule has 0 aliphatic carbocycles. The van der Waals surface area contributed by atoms with E-state index in [1.165, 1.54) is 0 Å². The van der Waals surface area contributed by atoms with Crippen molar-refractivity contribution in [3.63, 3.8) is 0 Å².